The molecular formula is C19H23F3N2O2S. The first-order valence-corrected chi connectivity index (χ1v) is 9.74. The van der Waals surface area contributed by atoms with Crippen LogP contribution in [0, 0.1) is 0 Å². The van der Waals surface area contributed by atoms with E-state index in [0.29, 0.717) is 25.9 Å². The van der Waals surface area contributed by atoms with Crippen molar-refractivity contribution >= 4 is 17.4 Å². The molecule has 0 fully saturated rings. The highest BCUT2D eigenvalue weighted by molar-refractivity contribution is 7.09. The molecule has 1 atom stereocenters. The number of nitrogens with zero attached hydrogens (tertiary/aromatic N) is 1. The number of halogens is 3. The monoisotopic (exact) mass is 400 g/mol. The third-order valence-electron chi connectivity index (χ3n) is 4.01. The van der Waals surface area contributed by atoms with Gasteiger partial charge in [-0.25, -0.2) is 9.78 Å². The van der Waals surface area contributed by atoms with E-state index >= 15 is 0 Å². The van der Waals surface area contributed by atoms with Gasteiger partial charge in [0.2, 0.25) is 0 Å². The molecule has 1 amide bonds. The molecule has 1 N–H and O–H groups in total. The smallest absolute Gasteiger partial charge is 0.416 e. The molecule has 1 aromatic heterocycles. The van der Waals surface area contributed by atoms with Gasteiger partial charge in [-0.2, -0.15) is 13.2 Å². The fourth-order valence-corrected chi connectivity index (χ4v) is 3.17. The first kappa shape index (κ1) is 21.2. The van der Waals surface area contributed by atoms with Gasteiger partial charge in [-0.1, -0.05) is 25.5 Å². The van der Waals surface area contributed by atoms with Gasteiger partial charge in [-0.15, -0.1) is 11.3 Å². The van der Waals surface area contributed by atoms with Gasteiger partial charge in [0.25, 0.3) is 0 Å². The van der Waals surface area contributed by atoms with Gasteiger partial charge in [0.05, 0.1) is 17.2 Å². The topological polar surface area (TPSA) is 51.2 Å². The molecule has 0 radical (unpaired) electrons. The summed E-state index contributed by atoms with van der Waals surface area (Å²) >= 11 is 1.53. The number of alkyl halides is 3. The highest BCUT2D eigenvalue weighted by atomic mass is 32.1. The highest BCUT2D eigenvalue weighted by Crippen LogP contribution is 2.29. The van der Waals surface area contributed by atoms with E-state index in [4.69, 9.17) is 4.74 Å². The van der Waals surface area contributed by atoms with Crippen molar-refractivity contribution in [2.75, 3.05) is 6.61 Å². The number of thiazole rings is 1. The number of carbonyl (C=O) groups is 1. The number of unbranched alkanes of at least 4 members (excludes halogenated alkanes) is 1. The SMILES string of the molecule is CCCCOC(=O)NC(CCc1nccs1)Cc1ccc(C(F)(F)F)cc1. The maximum Gasteiger partial charge on any atom is 0.416 e. The summed E-state index contributed by atoms with van der Waals surface area (Å²) in [6.07, 6.45) is 0.297. The van der Waals surface area contributed by atoms with Gasteiger partial charge >= 0.3 is 12.3 Å². The highest BCUT2D eigenvalue weighted by Gasteiger charge is 2.30. The number of rotatable bonds is 9. The van der Waals surface area contributed by atoms with Crippen molar-refractivity contribution in [1.82, 2.24) is 10.3 Å². The van der Waals surface area contributed by atoms with Crippen molar-refractivity contribution in [3.63, 3.8) is 0 Å². The Labute approximate surface area is 160 Å². The van der Waals surface area contributed by atoms with Crippen LogP contribution in [-0.2, 0) is 23.8 Å². The summed E-state index contributed by atoms with van der Waals surface area (Å²) in [6, 6.07) is 4.77. The zero-order valence-electron chi connectivity index (χ0n) is 15.1. The molecule has 0 aliphatic carbocycles. The van der Waals surface area contributed by atoms with Gasteiger partial charge in [-0.3, -0.25) is 0 Å². The molecular weight excluding hydrogens is 377 g/mol. The molecule has 0 aliphatic rings. The number of ether oxygens (including phenoxy) is 1. The van der Waals surface area contributed by atoms with Crippen LogP contribution in [0.4, 0.5) is 18.0 Å². The average Bonchev–Trinajstić information content (AvgIpc) is 3.13. The summed E-state index contributed by atoms with van der Waals surface area (Å²) < 4.78 is 43.2. The first-order chi connectivity index (χ1) is 12.9. The Morgan fingerprint density at radius 3 is 2.63 bits per heavy atom. The molecule has 8 heteroatoms. The average molecular weight is 400 g/mol. The lowest BCUT2D eigenvalue weighted by Crippen LogP contribution is -2.37. The van der Waals surface area contributed by atoms with Crippen molar-refractivity contribution in [2.24, 2.45) is 0 Å². The molecule has 0 saturated carbocycles. The lowest BCUT2D eigenvalue weighted by molar-refractivity contribution is -0.137. The van der Waals surface area contributed by atoms with Crippen molar-refractivity contribution in [3.05, 3.63) is 52.0 Å². The predicted octanol–water partition coefficient (Wildman–Crippen LogP) is 5.23. The van der Waals surface area contributed by atoms with Crippen LogP contribution in [0.1, 0.15) is 42.3 Å². The Morgan fingerprint density at radius 1 is 1.30 bits per heavy atom. The molecule has 0 aliphatic heterocycles. The second-order valence-corrected chi connectivity index (χ2v) is 7.17. The molecule has 0 saturated heterocycles. The summed E-state index contributed by atoms with van der Waals surface area (Å²) in [5.41, 5.74) is 0.0403. The summed E-state index contributed by atoms with van der Waals surface area (Å²) in [7, 11) is 0. The maximum atomic E-state index is 12.7. The van der Waals surface area contributed by atoms with E-state index in [1.54, 1.807) is 6.20 Å². The Morgan fingerprint density at radius 2 is 2.04 bits per heavy atom. The van der Waals surface area contributed by atoms with Crippen LogP contribution in [0.3, 0.4) is 0 Å². The molecule has 0 spiro atoms. The van der Waals surface area contributed by atoms with Gasteiger partial charge in [0.15, 0.2) is 0 Å². The molecule has 1 unspecified atom stereocenters. The van der Waals surface area contributed by atoms with Crippen LogP contribution in [-0.4, -0.2) is 23.7 Å². The molecule has 4 nitrogen and oxygen atoms in total. The van der Waals surface area contributed by atoms with Gasteiger partial charge in [-0.05, 0) is 37.0 Å². The van der Waals surface area contributed by atoms with Crippen LogP contribution < -0.4 is 5.32 Å². The summed E-state index contributed by atoms with van der Waals surface area (Å²) in [6.45, 7) is 2.35. The minimum Gasteiger partial charge on any atom is -0.450 e. The number of aromatic nitrogens is 1. The van der Waals surface area contributed by atoms with Crippen LogP contribution in [0.5, 0.6) is 0 Å². The largest absolute Gasteiger partial charge is 0.450 e. The third-order valence-corrected chi connectivity index (χ3v) is 4.85. The van der Waals surface area contributed by atoms with Crippen LogP contribution in [0.2, 0.25) is 0 Å². The number of carbonyl (C=O) groups excluding carboxylic acids is 1. The zero-order valence-corrected chi connectivity index (χ0v) is 15.9. The van der Waals surface area contributed by atoms with Gasteiger partial charge in [0.1, 0.15) is 0 Å². The predicted molar refractivity (Wildman–Crippen MR) is 98.8 cm³/mol. The molecule has 1 heterocycles. The van der Waals surface area contributed by atoms with E-state index in [9.17, 15) is 18.0 Å². The molecule has 27 heavy (non-hydrogen) atoms. The Balaban J connectivity index is 1.98. The Hall–Kier alpha value is -2.09. The minimum atomic E-state index is -4.36. The van der Waals surface area contributed by atoms with Gasteiger partial charge in [0, 0.05) is 24.0 Å². The Bertz CT molecular complexity index is 688. The maximum absolute atomic E-state index is 12.7. The van der Waals surface area contributed by atoms with Crippen molar-refractivity contribution in [2.45, 2.75) is 51.2 Å². The van der Waals surface area contributed by atoms with Crippen LogP contribution in [0.15, 0.2) is 35.8 Å². The summed E-state index contributed by atoms with van der Waals surface area (Å²) in [5.74, 6) is 0. The standard InChI is InChI=1S/C19H23F3N2O2S/c1-2-3-11-26-18(25)24-16(8-9-17-23-10-12-27-17)13-14-4-6-15(7-5-14)19(20,21)22/h4-7,10,12,16H,2-3,8-9,11,13H2,1H3,(H,24,25). The van der Waals surface area contributed by atoms with Crippen molar-refractivity contribution in [1.29, 1.82) is 0 Å². The van der Waals surface area contributed by atoms with Crippen molar-refractivity contribution in [3.8, 4) is 0 Å². The molecule has 1 aromatic carbocycles. The molecule has 2 aromatic rings. The normalized spacial score (nSPS) is 12.6. The number of hydrogen-bond donors (Lipinski definition) is 1. The molecule has 148 valence electrons. The second kappa shape index (κ2) is 10.3. The van der Waals surface area contributed by atoms with E-state index in [-0.39, 0.29) is 6.04 Å². The number of alkyl carbamates (subject to hydrolysis) is 1. The quantitative estimate of drug-likeness (QED) is 0.586. The zero-order chi connectivity index (χ0) is 19.7. The Kier molecular flexibility index (Phi) is 8.09. The number of nitrogens with one attached hydrogen (secondary N) is 1. The van der Waals surface area contributed by atoms with Crippen LogP contribution in [0.25, 0.3) is 0 Å². The van der Waals surface area contributed by atoms with Crippen LogP contribution >= 0.6 is 11.3 Å². The van der Waals surface area contributed by atoms with E-state index in [1.807, 2.05) is 12.3 Å². The van der Waals surface area contributed by atoms with E-state index in [2.05, 4.69) is 10.3 Å². The van der Waals surface area contributed by atoms with Crippen molar-refractivity contribution < 1.29 is 22.7 Å². The van der Waals surface area contributed by atoms with E-state index in [0.717, 1.165) is 35.5 Å². The lowest BCUT2D eigenvalue weighted by atomic mass is 10.0. The van der Waals surface area contributed by atoms with E-state index in [1.165, 1.54) is 23.5 Å². The first-order valence-electron chi connectivity index (χ1n) is 8.86. The number of hydrogen-bond acceptors (Lipinski definition) is 4. The number of amides is 1. The number of benzene rings is 1. The molecule has 2 rings (SSSR count). The minimum absolute atomic E-state index is 0.250. The number of aryl methyl sites for hydroxylation is 1. The fourth-order valence-electron chi connectivity index (χ4n) is 2.53. The summed E-state index contributed by atoms with van der Waals surface area (Å²) in [4.78, 5) is 16.2. The lowest BCUT2D eigenvalue weighted by Gasteiger charge is -2.19. The summed E-state index contributed by atoms with van der Waals surface area (Å²) in [5, 5.41) is 5.66. The van der Waals surface area contributed by atoms with Gasteiger partial charge < -0.3 is 10.1 Å². The van der Waals surface area contributed by atoms with E-state index < -0.39 is 17.8 Å². The third kappa shape index (κ3) is 7.58. The molecule has 0 bridgehead atoms. The fraction of sp³-hybridized carbons (Fsp3) is 0.474. The second-order valence-electron chi connectivity index (χ2n) is 6.19.